The quantitative estimate of drug-likeness (QED) is 0.708. The van der Waals surface area contributed by atoms with Gasteiger partial charge in [0.1, 0.15) is 0 Å². The first-order valence-electron chi connectivity index (χ1n) is 5.88. The Balaban J connectivity index is 2.33. The van der Waals surface area contributed by atoms with Crippen LogP contribution in [0.25, 0.3) is 0 Å². The average Bonchev–Trinajstić information content (AvgIpc) is 2.29. The van der Waals surface area contributed by atoms with Crippen LogP contribution in [-0.2, 0) is 6.42 Å². The summed E-state index contributed by atoms with van der Waals surface area (Å²) in [6.45, 7) is 4.33. The largest absolute Gasteiger partial charge is 0.129 e. The van der Waals surface area contributed by atoms with E-state index in [0.717, 1.165) is 6.42 Å². The summed E-state index contributed by atoms with van der Waals surface area (Å²) in [6.07, 6.45) is 3.18. The van der Waals surface area contributed by atoms with Crippen LogP contribution in [0.3, 0.4) is 0 Å². The number of aryl methyl sites for hydroxylation is 2. The van der Waals surface area contributed by atoms with Gasteiger partial charge in [0.25, 0.3) is 0 Å². The Kier molecular flexibility index (Phi) is 3.90. The van der Waals surface area contributed by atoms with Crippen molar-refractivity contribution in [2.24, 2.45) is 0 Å². The van der Waals surface area contributed by atoms with E-state index < -0.39 is 0 Å². The minimum absolute atomic E-state index is 1.03. The number of hydrogen-bond donors (Lipinski definition) is 0. The molecule has 2 aromatic carbocycles. The molecule has 0 radical (unpaired) electrons. The van der Waals surface area contributed by atoms with Crippen LogP contribution in [0.1, 0.15) is 22.3 Å². The summed E-state index contributed by atoms with van der Waals surface area (Å²) in [7, 11) is 0. The van der Waals surface area contributed by atoms with Crippen LogP contribution in [-0.4, -0.2) is 6.26 Å². The fourth-order valence-electron chi connectivity index (χ4n) is 2.19. The molecule has 0 atom stereocenters. The molecule has 0 aliphatic carbocycles. The minimum atomic E-state index is 1.03. The fourth-order valence-corrected chi connectivity index (χ4v) is 2.98. The zero-order valence-electron chi connectivity index (χ0n) is 10.7. The van der Waals surface area contributed by atoms with Crippen molar-refractivity contribution in [3.05, 3.63) is 64.7 Å². The lowest BCUT2D eigenvalue weighted by Crippen LogP contribution is -1.93. The molecule has 88 valence electrons. The number of hydrogen-bond acceptors (Lipinski definition) is 1. The van der Waals surface area contributed by atoms with E-state index >= 15 is 0 Å². The Labute approximate surface area is 108 Å². The topological polar surface area (TPSA) is 0 Å². The smallest absolute Gasteiger partial charge is 0.0134 e. The van der Waals surface area contributed by atoms with Gasteiger partial charge in [-0.3, -0.25) is 0 Å². The van der Waals surface area contributed by atoms with E-state index in [1.807, 2.05) is 11.8 Å². The first kappa shape index (κ1) is 12.3. The van der Waals surface area contributed by atoms with Gasteiger partial charge in [-0.15, -0.1) is 11.8 Å². The minimum Gasteiger partial charge on any atom is -0.129 e. The molecule has 0 heterocycles. The van der Waals surface area contributed by atoms with E-state index in [1.54, 1.807) is 0 Å². The summed E-state index contributed by atoms with van der Waals surface area (Å²) in [6, 6.07) is 15.3. The van der Waals surface area contributed by atoms with Gasteiger partial charge in [0.15, 0.2) is 0 Å². The summed E-state index contributed by atoms with van der Waals surface area (Å²) < 4.78 is 0. The van der Waals surface area contributed by atoms with Crippen molar-refractivity contribution in [1.29, 1.82) is 0 Å². The van der Waals surface area contributed by atoms with Crippen molar-refractivity contribution < 1.29 is 0 Å². The average molecular weight is 242 g/mol. The predicted octanol–water partition coefficient (Wildman–Crippen LogP) is 4.62. The van der Waals surface area contributed by atoms with Crippen molar-refractivity contribution in [2.75, 3.05) is 6.26 Å². The standard InChI is InChI=1S/C16H18S/c1-12-6-4-8-14(10-12)11-15-9-5-7-13(2)16(15)17-3/h4-10H,11H2,1-3H3. The molecule has 0 unspecified atom stereocenters. The molecule has 2 aromatic rings. The zero-order chi connectivity index (χ0) is 12.3. The summed E-state index contributed by atoms with van der Waals surface area (Å²) >= 11 is 1.85. The molecular weight excluding hydrogens is 224 g/mol. The first-order chi connectivity index (χ1) is 8.20. The molecule has 2 rings (SSSR count). The molecule has 17 heavy (non-hydrogen) atoms. The molecule has 0 aliphatic rings. The van der Waals surface area contributed by atoms with Gasteiger partial charge in [0.2, 0.25) is 0 Å². The highest BCUT2D eigenvalue weighted by molar-refractivity contribution is 7.98. The SMILES string of the molecule is CSc1c(C)cccc1Cc1cccc(C)c1. The molecule has 0 saturated carbocycles. The molecule has 0 aliphatic heterocycles. The van der Waals surface area contributed by atoms with E-state index in [0.29, 0.717) is 0 Å². The van der Waals surface area contributed by atoms with Crippen LogP contribution >= 0.6 is 11.8 Å². The molecular formula is C16H18S. The van der Waals surface area contributed by atoms with Gasteiger partial charge >= 0.3 is 0 Å². The van der Waals surface area contributed by atoms with Gasteiger partial charge in [-0.25, -0.2) is 0 Å². The molecule has 0 N–H and O–H groups in total. The highest BCUT2D eigenvalue weighted by Crippen LogP contribution is 2.26. The maximum atomic E-state index is 2.27. The molecule has 0 fully saturated rings. The van der Waals surface area contributed by atoms with Gasteiger partial charge in [-0.05, 0) is 43.2 Å². The Morgan fingerprint density at radius 3 is 2.47 bits per heavy atom. The third-order valence-electron chi connectivity index (χ3n) is 2.97. The molecule has 0 saturated heterocycles. The molecule has 0 amide bonds. The lowest BCUT2D eigenvalue weighted by molar-refractivity contribution is 1.10. The summed E-state index contributed by atoms with van der Waals surface area (Å²) in [5.74, 6) is 0. The predicted molar refractivity (Wildman–Crippen MR) is 76.9 cm³/mol. The van der Waals surface area contributed by atoms with Gasteiger partial charge in [0, 0.05) is 4.90 Å². The number of benzene rings is 2. The molecule has 0 nitrogen and oxygen atoms in total. The van der Waals surface area contributed by atoms with E-state index in [9.17, 15) is 0 Å². The monoisotopic (exact) mass is 242 g/mol. The maximum absolute atomic E-state index is 2.27. The van der Waals surface area contributed by atoms with Crippen LogP contribution in [0.2, 0.25) is 0 Å². The van der Waals surface area contributed by atoms with Crippen molar-refractivity contribution in [3.63, 3.8) is 0 Å². The Morgan fingerprint density at radius 2 is 1.76 bits per heavy atom. The molecule has 0 bridgehead atoms. The Morgan fingerprint density at radius 1 is 1.00 bits per heavy atom. The summed E-state index contributed by atoms with van der Waals surface area (Å²) in [5.41, 5.74) is 5.54. The second kappa shape index (κ2) is 5.42. The third kappa shape index (κ3) is 2.92. The van der Waals surface area contributed by atoms with Gasteiger partial charge in [0.05, 0.1) is 0 Å². The van der Waals surface area contributed by atoms with E-state index in [1.165, 1.54) is 27.1 Å². The molecule has 0 spiro atoms. The lowest BCUT2D eigenvalue weighted by Gasteiger charge is -2.10. The van der Waals surface area contributed by atoms with Crippen molar-refractivity contribution in [2.45, 2.75) is 25.2 Å². The molecule has 1 heteroatoms. The van der Waals surface area contributed by atoms with Gasteiger partial charge < -0.3 is 0 Å². The first-order valence-corrected chi connectivity index (χ1v) is 7.11. The van der Waals surface area contributed by atoms with Gasteiger partial charge in [-0.2, -0.15) is 0 Å². The van der Waals surface area contributed by atoms with E-state index in [2.05, 4.69) is 62.6 Å². The van der Waals surface area contributed by atoms with Crippen LogP contribution < -0.4 is 0 Å². The van der Waals surface area contributed by atoms with E-state index in [4.69, 9.17) is 0 Å². The van der Waals surface area contributed by atoms with Crippen LogP contribution in [0, 0.1) is 13.8 Å². The zero-order valence-corrected chi connectivity index (χ0v) is 11.5. The summed E-state index contributed by atoms with van der Waals surface area (Å²) in [4.78, 5) is 1.43. The number of rotatable bonds is 3. The lowest BCUT2D eigenvalue weighted by atomic mass is 10.0. The van der Waals surface area contributed by atoms with Crippen LogP contribution in [0.15, 0.2) is 47.4 Å². The third-order valence-corrected chi connectivity index (χ3v) is 3.97. The van der Waals surface area contributed by atoms with E-state index in [-0.39, 0.29) is 0 Å². The van der Waals surface area contributed by atoms with Gasteiger partial charge in [-0.1, -0.05) is 48.0 Å². The van der Waals surface area contributed by atoms with Crippen molar-refractivity contribution in [1.82, 2.24) is 0 Å². The normalized spacial score (nSPS) is 10.5. The second-order valence-corrected chi connectivity index (χ2v) is 5.25. The Bertz CT molecular complexity index is 515. The second-order valence-electron chi connectivity index (χ2n) is 4.43. The molecule has 0 aromatic heterocycles. The Hall–Kier alpha value is -1.21. The summed E-state index contributed by atoms with van der Waals surface area (Å²) in [5, 5.41) is 0. The number of thioether (sulfide) groups is 1. The van der Waals surface area contributed by atoms with Crippen LogP contribution in [0.4, 0.5) is 0 Å². The highest BCUT2D eigenvalue weighted by atomic mass is 32.2. The van der Waals surface area contributed by atoms with Crippen LogP contribution in [0.5, 0.6) is 0 Å². The van der Waals surface area contributed by atoms with Crippen molar-refractivity contribution >= 4 is 11.8 Å². The maximum Gasteiger partial charge on any atom is 0.0134 e. The highest BCUT2D eigenvalue weighted by Gasteiger charge is 2.05. The fraction of sp³-hybridized carbons (Fsp3) is 0.250. The van der Waals surface area contributed by atoms with Crippen molar-refractivity contribution in [3.8, 4) is 0 Å².